The van der Waals surface area contributed by atoms with Crippen LogP contribution in [0.3, 0.4) is 0 Å². The number of ether oxygens (including phenoxy) is 1. The van der Waals surface area contributed by atoms with Crippen LogP contribution in [0.2, 0.25) is 23.2 Å². The van der Waals surface area contributed by atoms with Crippen molar-refractivity contribution in [3.8, 4) is 11.1 Å². The SMILES string of the molecule is CC(C)(C)OC(=O)N1CC(F)C(N2CCCc3cc(Cl)cc(-c4ccnc5cc(CO[Si](C)(C)C(C)(C)C)sc45)c32)C1. The second kappa shape index (κ2) is 11.4. The topological polar surface area (TPSA) is 54.9 Å². The van der Waals surface area contributed by atoms with Gasteiger partial charge >= 0.3 is 6.09 Å². The summed E-state index contributed by atoms with van der Waals surface area (Å²) < 4.78 is 28.9. The minimum atomic E-state index is -1.91. The van der Waals surface area contributed by atoms with E-state index in [-0.39, 0.29) is 18.1 Å². The van der Waals surface area contributed by atoms with Gasteiger partial charge in [0.15, 0.2) is 8.32 Å². The van der Waals surface area contributed by atoms with Crippen molar-refractivity contribution in [1.29, 1.82) is 0 Å². The maximum Gasteiger partial charge on any atom is 0.410 e. The lowest BCUT2D eigenvalue weighted by atomic mass is 9.92. The molecule has 0 saturated carbocycles. The van der Waals surface area contributed by atoms with Crippen molar-refractivity contribution in [2.75, 3.05) is 24.5 Å². The van der Waals surface area contributed by atoms with Gasteiger partial charge in [0.05, 0.1) is 29.4 Å². The number of hydrogen-bond acceptors (Lipinski definition) is 6. The minimum Gasteiger partial charge on any atom is -0.444 e. The van der Waals surface area contributed by atoms with E-state index in [1.807, 2.05) is 45.2 Å². The number of alkyl halides is 1. The Hall–Kier alpha value is -2.20. The lowest BCUT2D eigenvalue weighted by Gasteiger charge is -2.38. The lowest BCUT2D eigenvalue weighted by molar-refractivity contribution is 0.0283. The van der Waals surface area contributed by atoms with E-state index in [9.17, 15) is 4.79 Å². The maximum atomic E-state index is 15.7. The van der Waals surface area contributed by atoms with E-state index < -0.39 is 32.2 Å². The maximum absolute atomic E-state index is 15.7. The monoisotopic (exact) mass is 631 g/mol. The Morgan fingerprint density at radius 1 is 1.14 bits per heavy atom. The van der Waals surface area contributed by atoms with Crippen LogP contribution in [0.15, 0.2) is 30.5 Å². The molecule has 3 aromatic rings. The number of pyridine rings is 1. The van der Waals surface area contributed by atoms with Gasteiger partial charge in [0.2, 0.25) is 0 Å². The first-order chi connectivity index (χ1) is 19.5. The molecule has 2 aliphatic rings. The fraction of sp³-hybridized carbons (Fsp3) is 0.562. The van der Waals surface area contributed by atoms with Crippen molar-refractivity contribution in [2.24, 2.45) is 0 Å². The highest BCUT2D eigenvalue weighted by Crippen LogP contribution is 2.45. The number of fused-ring (bicyclic) bond motifs is 2. The first kappa shape index (κ1) is 31.2. The summed E-state index contributed by atoms with van der Waals surface area (Å²) in [6, 6.07) is 7.69. The Bertz CT molecular complexity index is 1480. The van der Waals surface area contributed by atoms with Crippen LogP contribution in [-0.4, -0.2) is 61.7 Å². The van der Waals surface area contributed by atoms with Crippen molar-refractivity contribution < 1.29 is 18.3 Å². The van der Waals surface area contributed by atoms with Gasteiger partial charge in [0.1, 0.15) is 11.8 Å². The number of aromatic nitrogens is 1. The molecule has 10 heteroatoms. The zero-order valence-corrected chi connectivity index (χ0v) is 28.6. The third-order valence-corrected chi connectivity index (χ3v) is 14.5. The standard InChI is InChI=1S/C32H43ClFN3O3SSi/c1-31(2,3)40-30(38)36-17-25(34)27(18-36)37-13-9-10-20-14-21(33)15-24(28(20)37)23-11-12-35-26-16-22(41-29(23)26)19-39-42(7,8)32(4,5)6/h11-12,14-16,25,27H,9-10,13,17-19H2,1-8H3. The van der Waals surface area contributed by atoms with E-state index in [4.69, 9.17) is 20.8 Å². The minimum absolute atomic E-state index is 0.0242. The molecule has 228 valence electrons. The highest BCUT2D eigenvalue weighted by Gasteiger charge is 2.42. The fourth-order valence-corrected chi connectivity index (χ4v) is 7.88. The number of benzene rings is 1. The molecule has 1 amide bonds. The molecule has 6 nitrogen and oxygen atoms in total. The number of carbonyl (C=O) groups is 1. The number of nitrogens with zero attached hydrogens (tertiary/aromatic N) is 3. The Kier molecular flexibility index (Phi) is 8.46. The number of carbonyl (C=O) groups excluding carboxylic acids is 1. The molecule has 2 aliphatic heterocycles. The molecular weight excluding hydrogens is 589 g/mol. The van der Waals surface area contributed by atoms with E-state index in [0.29, 0.717) is 18.2 Å². The van der Waals surface area contributed by atoms with E-state index >= 15 is 4.39 Å². The van der Waals surface area contributed by atoms with E-state index in [0.717, 1.165) is 50.3 Å². The average Bonchev–Trinajstić information content (AvgIpc) is 3.48. The number of anilines is 1. The molecule has 4 heterocycles. The van der Waals surface area contributed by atoms with Gasteiger partial charge < -0.3 is 19.0 Å². The summed E-state index contributed by atoms with van der Waals surface area (Å²) in [6.07, 6.45) is 1.93. The van der Waals surface area contributed by atoms with Gasteiger partial charge in [-0.25, -0.2) is 9.18 Å². The molecule has 0 aliphatic carbocycles. The molecule has 2 unspecified atom stereocenters. The zero-order valence-electron chi connectivity index (χ0n) is 26.0. The number of amides is 1. The smallest absolute Gasteiger partial charge is 0.410 e. The van der Waals surface area contributed by atoms with Crippen LogP contribution in [-0.2, 0) is 22.2 Å². The van der Waals surface area contributed by atoms with Crippen LogP contribution in [0.5, 0.6) is 0 Å². The van der Waals surface area contributed by atoms with Crippen LogP contribution >= 0.6 is 22.9 Å². The number of likely N-dealkylation sites (tertiary alicyclic amines) is 1. The van der Waals surface area contributed by atoms with Crippen LogP contribution in [0, 0.1) is 0 Å². The van der Waals surface area contributed by atoms with E-state index in [1.165, 1.54) is 4.90 Å². The van der Waals surface area contributed by atoms with Crippen molar-refractivity contribution in [3.63, 3.8) is 0 Å². The van der Waals surface area contributed by atoms with Gasteiger partial charge in [-0.3, -0.25) is 4.98 Å². The summed E-state index contributed by atoms with van der Waals surface area (Å²) in [5, 5.41) is 0.788. The second-order valence-corrected chi connectivity index (χ2v) is 20.4. The van der Waals surface area contributed by atoms with Gasteiger partial charge in [-0.2, -0.15) is 0 Å². The summed E-state index contributed by atoms with van der Waals surface area (Å²) in [4.78, 5) is 22.3. The summed E-state index contributed by atoms with van der Waals surface area (Å²) in [6.45, 7) is 18.3. The van der Waals surface area contributed by atoms with Crippen molar-refractivity contribution in [1.82, 2.24) is 9.88 Å². The molecule has 5 rings (SSSR count). The molecule has 1 aromatic carbocycles. The van der Waals surface area contributed by atoms with Gasteiger partial charge in [-0.15, -0.1) is 11.3 Å². The van der Waals surface area contributed by atoms with E-state index in [1.54, 1.807) is 11.3 Å². The number of halogens is 2. The Morgan fingerprint density at radius 2 is 1.88 bits per heavy atom. The zero-order chi connectivity index (χ0) is 30.6. The number of rotatable bonds is 5. The average molecular weight is 632 g/mol. The normalized spacial score (nSPS) is 19.9. The molecule has 0 bridgehead atoms. The molecule has 2 atom stereocenters. The largest absolute Gasteiger partial charge is 0.444 e. The molecule has 1 saturated heterocycles. The van der Waals surface area contributed by atoms with Crippen LogP contribution < -0.4 is 4.90 Å². The molecule has 1 fully saturated rings. The van der Waals surface area contributed by atoms with Gasteiger partial charge in [-0.05, 0) is 81.6 Å². The first-order valence-electron chi connectivity index (χ1n) is 14.8. The summed E-state index contributed by atoms with van der Waals surface area (Å²) in [5.41, 5.74) is 4.41. The fourth-order valence-electron chi connectivity index (χ4n) is 5.53. The number of aryl methyl sites for hydroxylation is 1. The summed E-state index contributed by atoms with van der Waals surface area (Å²) >= 11 is 8.40. The highest BCUT2D eigenvalue weighted by atomic mass is 35.5. The quantitative estimate of drug-likeness (QED) is 0.263. The van der Waals surface area contributed by atoms with E-state index in [2.05, 4.69) is 49.8 Å². The molecule has 42 heavy (non-hydrogen) atoms. The molecule has 0 spiro atoms. The number of thiophene rings is 1. The molecule has 0 radical (unpaired) electrons. The van der Waals surface area contributed by atoms with Crippen molar-refractivity contribution >= 4 is 53.3 Å². The van der Waals surface area contributed by atoms with Gasteiger partial charge in [0.25, 0.3) is 0 Å². The van der Waals surface area contributed by atoms with Crippen LogP contribution in [0.4, 0.5) is 14.9 Å². The van der Waals surface area contributed by atoms with Gasteiger partial charge in [-0.1, -0.05) is 32.4 Å². The van der Waals surface area contributed by atoms with Crippen molar-refractivity contribution in [2.45, 2.75) is 96.9 Å². The predicted octanol–water partition coefficient (Wildman–Crippen LogP) is 8.85. The third kappa shape index (κ3) is 6.35. The molecule has 0 N–H and O–H groups in total. The van der Waals surface area contributed by atoms with Crippen molar-refractivity contribution in [3.05, 3.63) is 45.9 Å². The summed E-state index contributed by atoms with van der Waals surface area (Å²) in [5.74, 6) is 0. The van der Waals surface area contributed by atoms with Gasteiger partial charge in [0, 0.05) is 46.0 Å². The first-order valence-corrected chi connectivity index (χ1v) is 18.9. The Morgan fingerprint density at radius 3 is 2.57 bits per heavy atom. The number of hydrogen-bond donors (Lipinski definition) is 0. The highest BCUT2D eigenvalue weighted by molar-refractivity contribution is 7.19. The predicted molar refractivity (Wildman–Crippen MR) is 174 cm³/mol. The summed E-state index contributed by atoms with van der Waals surface area (Å²) in [7, 11) is -1.91. The van der Waals surface area contributed by atoms with Crippen LogP contribution in [0.25, 0.3) is 21.3 Å². The lowest BCUT2D eigenvalue weighted by Crippen LogP contribution is -2.45. The Balaban J connectivity index is 1.51. The van der Waals surface area contributed by atoms with Crippen LogP contribution in [0.1, 0.15) is 58.4 Å². The second-order valence-electron chi connectivity index (χ2n) is 14.1. The Labute approximate surface area is 259 Å². The molecular formula is C32H43ClFN3O3SSi. The molecule has 2 aromatic heterocycles. The third-order valence-electron chi connectivity index (χ3n) is 8.69.